The molecule has 1 fully saturated rings. The lowest BCUT2D eigenvalue weighted by atomic mass is 10.1. The summed E-state index contributed by atoms with van der Waals surface area (Å²) in [4.78, 5) is 26.7. The fourth-order valence-electron chi connectivity index (χ4n) is 1.28. The maximum Gasteiger partial charge on any atom is 0.254 e. The van der Waals surface area contributed by atoms with Crippen molar-refractivity contribution in [2.24, 2.45) is 0 Å². The van der Waals surface area contributed by atoms with Crippen molar-refractivity contribution in [2.75, 3.05) is 13.1 Å². The second kappa shape index (κ2) is 3.05. The number of carbonyl (C=O) groups is 1. The number of likely N-dealkylation sites (tertiary alicyclic amines) is 1. The molecule has 1 saturated heterocycles. The molecule has 1 N–H and O–H groups in total. The molecule has 0 spiro atoms. The SMILES string of the molecule is O=C(c1cc[nH]c(=O)c1)N1CCC1. The summed E-state index contributed by atoms with van der Waals surface area (Å²) in [5, 5.41) is 0. The van der Waals surface area contributed by atoms with Crippen LogP contribution < -0.4 is 5.56 Å². The van der Waals surface area contributed by atoms with Crippen molar-refractivity contribution in [2.45, 2.75) is 6.42 Å². The molecule has 0 unspecified atom stereocenters. The number of rotatable bonds is 1. The Morgan fingerprint density at radius 1 is 1.46 bits per heavy atom. The molecule has 0 bridgehead atoms. The molecule has 1 aliphatic heterocycles. The van der Waals surface area contributed by atoms with E-state index in [0.717, 1.165) is 19.5 Å². The number of amides is 1. The zero-order valence-electron chi connectivity index (χ0n) is 7.12. The van der Waals surface area contributed by atoms with Crippen LogP contribution in [-0.2, 0) is 0 Å². The maximum absolute atomic E-state index is 11.6. The molecule has 1 aromatic rings. The number of nitrogens with zero attached hydrogens (tertiary/aromatic N) is 1. The van der Waals surface area contributed by atoms with E-state index in [2.05, 4.69) is 4.98 Å². The highest BCUT2D eigenvalue weighted by atomic mass is 16.2. The van der Waals surface area contributed by atoms with Crippen LogP contribution in [0, 0.1) is 0 Å². The first kappa shape index (κ1) is 8.04. The van der Waals surface area contributed by atoms with Crippen LogP contribution in [0.25, 0.3) is 0 Å². The molecular weight excluding hydrogens is 168 g/mol. The first-order valence-corrected chi connectivity index (χ1v) is 4.25. The van der Waals surface area contributed by atoms with Gasteiger partial charge >= 0.3 is 0 Å². The van der Waals surface area contributed by atoms with Gasteiger partial charge in [0.1, 0.15) is 0 Å². The van der Waals surface area contributed by atoms with Crippen LogP contribution in [0.1, 0.15) is 16.8 Å². The normalized spacial score (nSPS) is 15.2. The highest BCUT2D eigenvalue weighted by Gasteiger charge is 2.21. The zero-order valence-corrected chi connectivity index (χ0v) is 7.12. The van der Waals surface area contributed by atoms with Crippen LogP contribution in [-0.4, -0.2) is 28.9 Å². The summed E-state index contributed by atoms with van der Waals surface area (Å²) in [5.41, 5.74) is 0.245. The molecule has 1 aromatic heterocycles. The van der Waals surface area contributed by atoms with Crippen molar-refractivity contribution in [3.8, 4) is 0 Å². The van der Waals surface area contributed by atoms with Gasteiger partial charge < -0.3 is 9.88 Å². The van der Waals surface area contributed by atoms with E-state index in [1.807, 2.05) is 0 Å². The minimum absolute atomic E-state index is 0.0441. The van der Waals surface area contributed by atoms with Crippen LogP contribution in [0.15, 0.2) is 23.1 Å². The van der Waals surface area contributed by atoms with Crippen molar-refractivity contribution in [3.05, 3.63) is 34.2 Å². The quantitative estimate of drug-likeness (QED) is 0.668. The molecule has 0 atom stereocenters. The van der Waals surface area contributed by atoms with Crippen molar-refractivity contribution in [3.63, 3.8) is 0 Å². The Morgan fingerprint density at radius 2 is 2.23 bits per heavy atom. The molecule has 68 valence electrons. The Bertz CT molecular complexity index is 379. The summed E-state index contributed by atoms with van der Waals surface area (Å²) in [7, 11) is 0. The van der Waals surface area contributed by atoms with E-state index < -0.39 is 0 Å². The van der Waals surface area contributed by atoms with Gasteiger partial charge in [-0.25, -0.2) is 0 Å². The monoisotopic (exact) mass is 178 g/mol. The fraction of sp³-hybridized carbons (Fsp3) is 0.333. The van der Waals surface area contributed by atoms with E-state index in [4.69, 9.17) is 0 Å². The van der Waals surface area contributed by atoms with Gasteiger partial charge in [0.2, 0.25) is 5.56 Å². The summed E-state index contributed by atoms with van der Waals surface area (Å²) in [5.74, 6) is -0.0441. The highest BCUT2D eigenvalue weighted by molar-refractivity contribution is 5.94. The van der Waals surface area contributed by atoms with Gasteiger partial charge in [-0.1, -0.05) is 0 Å². The number of aromatic nitrogens is 1. The molecule has 0 aliphatic carbocycles. The smallest absolute Gasteiger partial charge is 0.254 e. The molecule has 1 amide bonds. The van der Waals surface area contributed by atoms with E-state index in [0.29, 0.717) is 5.56 Å². The predicted octanol–water partition coefficient (Wildman–Crippen LogP) is 0.221. The number of pyridine rings is 1. The van der Waals surface area contributed by atoms with Crippen LogP contribution >= 0.6 is 0 Å². The lowest BCUT2D eigenvalue weighted by Gasteiger charge is -2.30. The third-order valence-corrected chi connectivity index (χ3v) is 2.17. The van der Waals surface area contributed by atoms with E-state index in [1.54, 1.807) is 11.0 Å². The lowest BCUT2D eigenvalue weighted by Crippen LogP contribution is -2.42. The van der Waals surface area contributed by atoms with Crippen molar-refractivity contribution in [1.82, 2.24) is 9.88 Å². The molecule has 4 nitrogen and oxygen atoms in total. The molecule has 13 heavy (non-hydrogen) atoms. The minimum atomic E-state index is -0.230. The van der Waals surface area contributed by atoms with Crippen molar-refractivity contribution in [1.29, 1.82) is 0 Å². The summed E-state index contributed by atoms with van der Waals surface area (Å²) in [6.07, 6.45) is 2.56. The van der Waals surface area contributed by atoms with Gasteiger partial charge in [0.15, 0.2) is 0 Å². The van der Waals surface area contributed by atoms with Gasteiger partial charge in [-0.05, 0) is 12.5 Å². The standard InChI is InChI=1S/C9H10N2O2/c12-8-6-7(2-3-10-8)9(13)11-4-1-5-11/h2-3,6H,1,4-5H2,(H,10,12). The summed E-state index contributed by atoms with van der Waals surface area (Å²) >= 11 is 0. The molecule has 4 heteroatoms. The topological polar surface area (TPSA) is 53.2 Å². The largest absolute Gasteiger partial charge is 0.339 e. The third kappa shape index (κ3) is 1.47. The second-order valence-electron chi connectivity index (χ2n) is 3.09. The lowest BCUT2D eigenvalue weighted by molar-refractivity contribution is 0.0651. The molecule has 0 radical (unpaired) electrons. The fourth-order valence-corrected chi connectivity index (χ4v) is 1.28. The molecular formula is C9H10N2O2. The van der Waals surface area contributed by atoms with Crippen molar-refractivity contribution < 1.29 is 4.79 Å². The Balaban J connectivity index is 2.24. The first-order chi connectivity index (χ1) is 6.27. The van der Waals surface area contributed by atoms with Gasteiger partial charge in [-0.15, -0.1) is 0 Å². The Labute approximate surface area is 75.2 Å². The molecule has 2 rings (SSSR count). The Hall–Kier alpha value is -1.58. The molecule has 0 saturated carbocycles. The third-order valence-electron chi connectivity index (χ3n) is 2.17. The highest BCUT2D eigenvalue weighted by Crippen LogP contribution is 2.10. The predicted molar refractivity (Wildman–Crippen MR) is 47.6 cm³/mol. The van der Waals surface area contributed by atoms with Crippen molar-refractivity contribution >= 4 is 5.91 Å². The second-order valence-corrected chi connectivity index (χ2v) is 3.09. The summed E-state index contributed by atoms with van der Waals surface area (Å²) in [6, 6.07) is 2.96. The van der Waals surface area contributed by atoms with E-state index >= 15 is 0 Å². The number of aromatic amines is 1. The molecule has 0 aromatic carbocycles. The van der Waals surface area contributed by atoms with Crippen LogP contribution in [0.5, 0.6) is 0 Å². The number of hydrogen-bond acceptors (Lipinski definition) is 2. The van der Waals surface area contributed by atoms with Gasteiger partial charge in [0, 0.05) is 30.9 Å². The minimum Gasteiger partial charge on any atom is -0.339 e. The van der Waals surface area contributed by atoms with Gasteiger partial charge in [0.25, 0.3) is 5.91 Å². The molecule has 2 heterocycles. The van der Waals surface area contributed by atoms with Gasteiger partial charge in [0.05, 0.1) is 0 Å². The van der Waals surface area contributed by atoms with E-state index in [-0.39, 0.29) is 11.5 Å². The summed E-state index contributed by atoms with van der Waals surface area (Å²) in [6.45, 7) is 1.62. The zero-order chi connectivity index (χ0) is 9.26. The van der Waals surface area contributed by atoms with E-state index in [9.17, 15) is 9.59 Å². The van der Waals surface area contributed by atoms with Gasteiger partial charge in [-0.2, -0.15) is 0 Å². The number of hydrogen-bond donors (Lipinski definition) is 1. The van der Waals surface area contributed by atoms with Gasteiger partial charge in [-0.3, -0.25) is 9.59 Å². The number of H-pyrrole nitrogens is 1. The maximum atomic E-state index is 11.6. The van der Waals surface area contributed by atoms with Crippen LogP contribution in [0.2, 0.25) is 0 Å². The van der Waals surface area contributed by atoms with Crippen LogP contribution in [0.3, 0.4) is 0 Å². The first-order valence-electron chi connectivity index (χ1n) is 4.25. The Kier molecular flexibility index (Phi) is 1.88. The van der Waals surface area contributed by atoms with Crippen LogP contribution in [0.4, 0.5) is 0 Å². The number of carbonyl (C=O) groups excluding carboxylic acids is 1. The number of nitrogens with one attached hydrogen (secondary N) is 1. The average molecular weight is 178 g/mol. The van der Waals surface area contributed by atoms with E-state index in [1.165, 1.54) is 12.3 Å². The summed E-state index contributed by atoms with van der Waals surface area (Å²) < 4.78 is 0. The molecule has 1 aliphatic rings. The average Bonchev–Trinajstić information content (AvgIpc) is 2.01. The Morgan fingerprint density at radius 3 is 2.77 bits per heavy atom.